The summed E-state index contributed by atoms with van der Waals surface area (Å²) in [5.41, 5.74) is 0. The number of piperazine rings is 1. The molecular formula is C22H30N3O3S+. The van der Waals surface area contributed by atoms with Gasteiger partial charge in [-0.2, -0.15) is 4.31 Å². The van der Waals surface area contributed by atoms with Crippen molar-refractivity contribution in [1.82, 2.24) is 9.21 Å². The minimum atomic E-state index is -3.54. The Morgan fingerprint density at radius 1 is 0.862 bits per heavy atom. The van der Waals surface area contributed by atoms with Crippen molar-refractivity contribution >= 4 is 26.7 Å². The van der Waals surface area contributed by atoms with E-state index in [1.54, 1.807) is 12.1 Å². The molecule has 0 radical (unpaired) electrons. The lowest BCUT2D eigenvalue weighted by Crippen LogP contribution is -3.13. The molecule has 2 aromatic carbocycles. The molecule has 0 unspecified atom stereocenters. The second kappa shape index (κ2) is 8.81. The molecule has 0 aliphatic carbocycles. The van der Waals surface area contributed by atoms with Crippen molar-refractivity contribution in [2.45, 2.75) is 30.6 Å². The number of carbonyl (C=O) groups is 1. The third-order valence-corrected chi connectivity index (χ3v) is 8.06. The van der Waals surface area contributed by atoms with Gasteiger partial charge in [0, 0.05) is 26.2 Å². The van der Waals surface area contributed by atoms with Crippen LogP contribution < -0.4 is 4.90 Å². The molecule has 0 atom stereocenters. The summed E-state index contributed by atoms with van der Waals surface area (Å²) in [4.78, 5) is 16.2. The maximum Gasteiger partial charge on any atom is 0.277 e. The van der Waals surface area contributed by atoms with Gasteiger partial charge in [0.05, 0.1) is 18.0 Å². The van der Waals surface area contributed by atoms with E-state index in [1.807, 2.05) is 35.2 Å². The zero-order valence-corrected chi connectivity index (χ0v) is 17.7. The molecule has 7 heteroatoms. The van der Waals surface area contributed by atoms with Crippen LogP contribution >= 0.6 is 0 Å². The van der Waals surface area contributed by atoms with Crippen molar-refractivity contribution in [3.63, 3.8) is 0 Å². The van der Waals surface area contributed by atoms with E-state index in [1.165, 1.54) is 34.9 Å². The Labute approximate surface area is 173 Å². The Morgan fingerprint density at radius 3 is 2.21 bits per heavy atom. The summed E-state index contributed by atoms with van der Waals surface area (Å²) >= 11 is 0. The van der Waals surface area contributed by atoms with Crippen LogP contribution in [0.4, 0.5) is 0 Å². The molecule has 29 heavy (non-hydrogen) atoms. The minimum absolute atomic E-state index is 0.157. The first-order valence-corrected chi connectivity index (χ1v) is 12.1. The van der Waals surface area contributed by atoms with Crippen molar-refractivity contribution in [3.8, 4) is 0 Å². The van der Waals surface area contributed by atoms with Gasteiger partial charge in [-0.05, 0) is 48.6 Å². The summed E-state index contributed by atoms with van der Waals surface area (Å²) in [6.07, 6.45) is 4.92. The van der Waals surface area contributed by atoms with Crippen molar-refractivity contribution in [2.75, 3.05) is 45.8 Å². The molecule has 1 N–H and O–H groups in total. The third kappa shape index (κ3) is 4.63. The van der Waals surface area contributed by atoms with Crippen LogP contribution in [0.1, 0.15) is 25.7 Å². The lowest BCUT2D eigenvalue weighted by Gasteiger charge is -2.34. The average Bonchev–Trinajstić information content (AvgIpc) is 3.02. The highest BCUT2D eigenvalue weighted by Gasteiger charge is 2.31. The standard InChI is InChI=1S/C22H29N3O3S/c26-22(18-23-11-5-1-2-6-12-23)24-13-15-25(16-14-24)29(27,28)21-10-9-19-7-3-4-8-20(19)17-21/h3-4,7-10,17H,1-2,5-6,11-16,18H2/p+1. The van der Waals surface area contributed by atoms with Crippen LogP contribution in [0, 0.1) is 0 Å². The molecule has 2 heterocycles. The predicted molar refractivity (Wildman–Crippen MR) is 113 cm³/mol. The smallest absolute Gasteiger partial charge is 0.277 e. The summed E-state index contributed by atoms with van der Waals surface area (Å²) in [5.74, 6) is 0.157. The Hall–Kier alpha value is -1.96. The highest BCUT2D eigenvalue weighted by molar-refractivity contribution is 7.89. The van der Waals surface area contributed by atoms with Gasteiger partial charge < -0.3 is 9.80 Å². The number of likely N-dealkylation sites (tertiary alicyclic amines) is 1. The van der Waals surface area contributed by atoms with E-state index < -0.39 is 10.0 Å². The number of fused-ring (bicyclic) bond motifs is 1. The highest BCUT2D eigenvalue weighted by Crippen LogP contribution is 2.22. The van der Waals surface area contributed by atoms with Crippen LogP contribution in [0.2, 0.25) is 0 Å². The summed E-state index contributed by atoms with van der Waals surface area (Å²) in [6, 6.07) is 13.0. The quantitative estimate of drug-likeness (QED) is 0.813. The first-order chi connectivity index (χ1) is 14.0. The first kappa shape index (κ1) is 20.3. The van der Waals surface area contributed by atoms with E-state index in [9.17, 15) is 13.2 Å². The second-order valence-electron chi connectivity index (χ2n) is 8.13. The Morgan fingerprint density at radius 2 is 1.52 bits per heavy atom. The predicted octanol–water partition coefficient (Wildman–Crippen LogP) is 1.13. The second-order valence-corrected chi connectivity index (χ2v) is 10.1. The molecule has 2 fully saturated rings. The number of nitrogens with zero attached hydrogens (tertiary/aromatic N) is 2. The molecule has 2 aliphatic rings. The van der Waals surface area contributed by atoms with Crippen molar-refractivity contribution in [3.05, 3.63) is 42.5 Å². The van der Waals surface area contributed by atoms with E-state index in [0.717, 1.165) is 23.9 Å². The number of hydrogen-bond donors (Lipinski definition) is 1. The lowest BCUT2D eigenvalue weighted by molar-refractivity contribution is -0.891. The molecular weight excluding hydrogens is 386 g/mol. The van der Waals surface area contributed by atoms with Gasteiger partial charge in [-0.25, -0.2) is 8.42 Å². The van der Waals surface area contributed by atoms with E-state index in [-0.39, 0.29) is 5.91 Å². The third-order valence-electron chi connectivity index (χ3n) is 6.16. The molecule has 0 spiro atoms. The molecule has 1 amide bonds. The molecule has 0 saturated carbocycles. The van der Waals surface area contributed by atoms with E-state index in [2.05, 4.69) is 0 Å². The van der Waals surface area contributed by atoms with E-state index in [4.69, 9.17) is 0 Å². The van der Waals surface area contributed by atoms with Crippen LogP contribution in [0.5, 0.6) is 0 Å². The number of quaternary nitrogens is 1. The van der Waals surface area contributed by atoms with Gasteiger partial charge in [0.15, 0.2) is 6.54 Å². The maximum absolute atomic E-state index is 13.1. The normalized spacial score (nSPS) is 19.9. The Kier molecular flexibility index (Phi) is 6.18. The van der Waals surface area contributed by atoms with Crippen LogP contribution in [0.25, 0.3) is 10.8 Å². The fourth-order valence-corrected chi connectivity index (χ4v) is 5.84. The Balaban J connectivity index is 1.38. The van der Waals surface area contributed by atoms with Gasteiger partial charge in [0.25, 0.3) is 5.91 Å². The van der Waals surface area contributed by atoms with Crippen LogP contribution in [-0.4, -0.2) is 69.3 Å². The van der Waals surface area contributed by atoms with Crippen LogP contribution in [0.15, 0.2) is 47.4 Å². The molecule has 0 bridgehead atoms. The van der Waals surface area contributed by atoms with Crippen molar-refractivity contribution < 1.29 is 18.1 Å². The average molecular weight is 417 g/mol. The number of nitrogens with one attached hydrogen (secondary N) is 1. The molecule has 2 aliphatic heterocycles. The fourth-order valence-electron chi connectivity index (χ4n) is 4.39. The number of carbonyl (C=O) groups excluding carboxylic acids is 1. The monoisotopic (exact) mass is 416 g/mol. The fraction of sp³-hybridized carbons (Fsp3) is 0.500. The number of sulfonamides is 1. The van der Waals surface area contributed by atoms with Crippen LogP contribution in [-0.2, 0) is 14.8 Å². The lowest BCUT2D eigenvalue weighted by atomic mass is 10.1. The van der Waals surface area contributed by atoms with Gasteiger partial charge in [-0.1, -0.05) is 30.3 Å². The van der Waals surface area contributed by atoms with Gasteiger partial charge in [-0.3, -0.25) is 4.79 Å². The maximum atomic E-state index is 13.1. The summed E-state index contributed by atoms with van der Waals surface area (Å²) in [5, 5.41) is 1.95. The van der Waals surface area contributed by atoms with Crippen molar-refractivity contribution in [1.29, 1.82) is 0 Å². The van der Waals surface area contributed by atoms with Gasteiger partial charge >= 0.3 is 0 Å². The summed E-state index contributed by atoms with van der Waals surface area (Å²) in [7, 11) is -3.54. The van der Waals surface area contributed by atoms with E-state index >= 15 is 0 Å². The molecule has 0 aromatic heterocycles. The summed E-state index contributed by atoms with van der Waals surface area (Å²) < 4.78 is 27.7. The molecule has 156 valence electrons. The number of hydrogen-bond acceptors (Lipinski definition) is 3. The van der Waals surface area contributed by atoms with Crippen LogP contribution in [0.3, 0.4) is 0 Å². The van der Waals surface area contributed by atoms with Crippen molar-refractivity contribution in [2.24, 2.45) is 0 Å². The van der Waals surface area contributed by atoms with Gasteiger partial charge in [0.1, 0.15) is 0 Å². The largest absolute Gasteiger partial charge is 0.335 e. The highest BCUT2D eigenvalue weighted by atomic mass is 32.2. The van der Waals surface area contributed by atoms with E-state index in [0.29, 0.717) is 37.6 Å². The number of benzene rings is 2. The molecule has 4 rings (SSSR count). The Bertz CT molecular complexity index is 960. The molecule has 2 saturated heterocycles. The molecule has 6 nitrogen and oxygen atoms in total. The topological polar surface area (TPSA) is 62.1 Å². The van der Waals surface area contributed by atoms with Gasteiger partial charge in [-0.15, -0.1) is 0 Å². The summed E-state index contributed by atoms with van der Waals surface area (Å²) in [6.45, 7) is 4.34. The zero-order valence-electron chi connectivity index (χ0n) is 16.8. The minimum Gasteiger partial charge on any atom is -0.335 e. The number of amides is 1. The SMILES string of the molecule is O=C(C[NH+]1CCCCCC1)N1CCN(S(=O)(=O)c2ccc3ccccc3c2)CC1. The molecule has 2 aromatic rings. The van der Waals surface area contributed by atoms with Gasteiger partial charge in [0.2, 0.25) is 10.0 Å². The number of rotatable bonds is 4. The first-order valence-electron chi connectivity index (χ1n) is 10.6. The zero-order chi connectivity index (χ0) is 20.3.